The third kappa shape index (κ3) is 6.05. The first-order valence-electron chi connectivity index (χ1n) is 9.07. The highest BCUT2D eigenvalue weighted by Gasteiger charge is 2.29. The summed E-state index contributed by atoms with van der Waals surface area (Å²) >= 11 is 0. The summed E-state index contributed by atoms with van der Waals surface area (Å²) in [5, 5.41) is 8.95. The summed E-state index contributed by atoms with van der Waals surface area (Å²) in [6.07, 6.45) is 2.54. The quantitative estimate of drug-likeness (QED) is 0.471. The number of nitrogens with zero attached hydrogens (tertiary/aromatic N) is 2. The molecule has 0 bridgehead atoms. The monoisotopic (exact) mass is 373 g/mol. The largest absolute Gasteiger partial charge is 0.354 e. The molecule has 3 unspecified atom stereocenters. The Labute approximate surface area is 150 Å². The van der Waals surface area contributed by atoms with Crippen molar-refractivity contribution in [1.82, 2.24) is 20.9 Å². The number of rotatable bonds is 5. The fourth-order valence-corrected chi connectivity index (χ4v) is 4.97. The first-order chi connectivity index (χ1) is 11.8. The predicted octanol–water partition coefficient (Wildman–Crippen LogP) is 0.169. The van der Waals surface area contributed by atoms with Crippen molar-refractivity contribution in [2.45, 2.75) is 45.2 Å². The number of carbonyl (C=O) groups is 1. The fraction of sp³-hybridized carbons (Fsp3) is 0.875. The van der Waals surface area contributed by atoms with Crippen molar-refractivity contribution in [3.8, 4) is 0 Å². The molecule has 25 heavy (non-hydrogen) atoms. The molecule has 8 nitrogen and oxygen atoms in total. The topological polar surface area (TPSA) is 103 Å². The van der Waals surface area contributed by atoms with Gasteiger partial charge in [0, 0.05) is 38.8 Å². The van der Waals surface area contributed by atoms with Gasteiger partial charge in [0.25, 0.3) is 0 Å². The van der Waals surface area contributed by atoms with Gasteiger partial charge in [-0.25, -0.2) is 13.2 Å². The number of hydrogen-bond acceptors (Lipinski definition) is 4. The molecule has 2 fully saturated rings. The van der Waals surface area contributed by atoms with Crippen LogP contribution in [0.1, 0.15) is 33.1 Å². The van der Waals surface area contributed by atoms with E-state index in [1.54, 1.807) is 7.05 Å². The van der Waals surface area contributed by atoms with Crippen molar-refractivity contribution in [2.75, 3.05) is 38.2 Å². The van der Waals surface area contributed by atoms with E-state index >= 15 is 0 Å². The molecule has 2 aliphatic rings. The van der Waals surface area contributed by atoms with Crippen molar-refractivity contribution in [3.63, 3.8) is 0 Å². The summed E-state index contributed by atoms with van der Waals surface area (Å²) < 4.78 is 23.2. The summed E-state index contributed by atoms with van der Waals surface area (Å²) in [7, 11) is -1.27. The standard InChI is InChI=1S/C16H31N5O3S/c1-4-12(2)19-15(18-9-13-6-8-25(23,24)11-13)21-7-5-14(10-21)20-16(22)17-3/h12-14H,4-11H2,1-3H3,(H,18,19)(H2,17,20,22). The molecule has 9 heteroatoms. The van der Waals surface area contributed by atoms with Gasteiger partial charge in [0.2, 0.25) is 0 Å². The summed E-state index contributed by atoms with van der Waals surface area (Å²) in [6, 6.07) is 0.212. The second-order valence-corrected chi connectivity index (χ2v) is 9.27. The van der Waals surface area contributed by atoms with Crippen LogP contribution in [-0.4, -0.2) is 75.6 Å². The molecule has 0 aliphatic carbocycles. The normalized spacial score (nSPS) is 27.2. The van der Waals surface area contributed by atoms with Crippen molar-refractivity contribution in [3.05, 3.63) is 0 Å². The lowest BCUT2D eigenvalue weighted by atomic mass is 10.1. The molecule has 2 heterocycles. The molecule has 144 valence electrons. The van der Waals surface area contributed by atoms with Crippen LogP contribution >= 0.6 is 0 Å². The third-order valence-electron chi connectivity index (χ3n) is 4.86. The highest BCUT2D eigenvalue weighted by Crippen LogP contribution is 2.19. The minimum atomic E-state index is -2.87. The first kappa shape index (κ1) is 19.8. The molecule has 2 aliphatic heterocycles. The van der Waals surface area contributed by atoms with Crippen LogP contribution in [0.15, 0.2) is 4.99 Å². The number of likely N-dealkylation sites (tertiary alicyclic amines) is 1. The Balaban J connectivity index is 1.98. The molecule has 0 spiro atoms. The van der Waals surface area contributed by atoms with Gasteiger partial charge in [-0.05, 0) is 32.1 Å². The smallest absolute Gasteiger partial charge is 0.314 e. The van der Waals surface area contributed by atoms with E-state index in [1.165, 1.54) is 0 Å². The fourth-order valence-electron chi connectivity index (χ4n) is 3.12. The average molecular weight is 374 g/mol. The van der Waals surface area contributed by atoms with Gasteiger partial charge in [0.1, 0.15) is 0 Å². The van der Waals surface area contributed by atoms with Gasteiger partial charge in [0.15, 0.2) is 15.8 Å². The lowest BCUT2D eigenvalue weighted by molar-refractivity contribution is 0.239. The zero-order valence-corrected chi connectivity index (χ0v) is 16.2. The average Bonchev–Trinajstić information content (AvgIpc) is 3.17. The van der Waals surface area contributed by atoms with E-state index in [0.717, 1.165) is 25.3 Å². The molecule has 2 rings (SSSR count). The number of carbonyl (C=O) groups excluding carboxylic acids is 1. The number of amides is 2. The molecule has 3 atom stereocenters. The Kier molecular flexibility index (Phi) is 6.92. The number of urea groups is 1. The van der Waals surface area contributed by atoms with Gasteiger partial charge in [-0.2, -0.15) is 0 Å². The minimum Gasteiger partial charge on any atom is -0.354 e. The van der Waals surface area contributed by atoms with Crippen LogP contribution in [0.3, 0.4) is 0 Å². The van der Waals surface area contributed by atoms with Crippen LogP contribution in [0.2, 0.25) is 0 Å². The molecule has 0 radical (unpaired) electrons. The molecule has 2 saturated heterocycles. The maximum atomic E-state index is 11.6. The summed E-state index contributed by atoms with van der Waals surface area (Å²) in [5.74, 6) is 1.46. The number of guanidine groups is 1. The minimum absolute atomic E-state index is 0.0933. The Morgan fingerprint density at radius 1 is 1.36 bits per heavy atom. The highest BCUT2D eigenvalue weighted by atomic mass is 32.2. The highest BCUT2D eigenvalue weighted by molar-refractivity contribution is 7.91. The summed E-state index contributed by atoms with van der Waals surface area (Å²) in [5.41, 5.74) is 0. The Bertz CT molecular complexity index is 593. The molecule has 0 aromatic rings. The van der Waals surface area contributed by atoms with Crippen LogP contribution in [0.25, 0.3) is 0 Å². The van der Waals surface area contributed by atoms with Gasteiger partial charge in [-0.15, -0.1) is 0 Å². The first-order valence-corrected chi connectivity index (χ1v) is 10.9. The van der Waals surface area contributed by atoms with Gasteiger partial charge in [-0.3, -0.25) is 4.99 Å². The lowest BCUT2D eigenvalue weighted by Crippen LogP contribution is -2.47. The Morgan fingerprint density at radius 2 is 2.12 bits per heavy atom. The second kappa shape index (κ2) is 8.73. The maximum Gasteiger partial charge on any atom is 0.314 e. The van der Waals surface area contributed by atoms with Crippen molar-refractivity contribution >= 4 is 21.8 Å². The van der Waals surface area contributed by atoms with Crippen LogP contribution in [-0.2, 0) is 9.84 Å². The second-order valence-electron chi connectivity index (χ2n) is 7.04. The number of aliphatic imine (C=N–C) groups is 1. The van der Waals surface area contributed by atoms with E-state index in [4.69, 9.17) is 4.99 Å². The molecule has 2 amide bonds. The number of nitrogens with one attached hydrogen (secondary N) is 3. The van der Waals surface area contributed by atoms with Crippen molar-refractivity contribution in [2.24, 2.45) is 10.9 Å². The van der Waals surface area contributed by atoms with Gasteiger partial charge < -0.3 is 20.9 Å². The molecule has 3 N–H and O–H groups in total. The molecule has 0 aromatic carbocycles. The SMILES string of the molecule is CCC(C)NC(=NCC1CCS(=O)(=O)C1)N1CCC(NC(=O)NC)C1. The lowest BCUT2D eigenvalue weighted by Gasteiger charge is -2.25. The number of hydrogen-bond donors (Lipinski definition) is 3. The van der Waals surface area contributed by atoms with Crippen molar-refractivity contribution < 1.29 is 13.2 Å². The zero-order valence-electron chi connectivity index (χ0n) is 15.4. The van der Waals surface area contributed by atoms with Crippen LogP contribution < -0.4 is 16.0 Å². The van der Waals surface area contributed by atoms with E-state index in [0.29, 0.717) is 19.5 Å². The number of sulfone groups is 1. The van der Waals surface area contributed by atoms with E-state index in [-0.39, 0.29) is 35.5 Å². The van der Waals surface area contributed by atoms with Crippen LogP contribution in [0.5, 0.6) is 0 Å². The summed E-state index contributed by atoms with van der Waals surface area (Å²) in [4.78, 5) is 18.3. The molecule has 0 aromatic heterocycles. The molecular weight excluding hydrogens is 342 g/mol. The van der Waals surface area contributed by atoms with E-state index in [2.05, 4.69) is 34.7 Å². The predicted molar refractivity (Wildman–Crippen MR) is 99.5 cm³/mol. The van der Waals surface area contributed by atoms with Gasteiger partial charge in [0.05, 0.1) is 11.5 Å². The molecule has 0 saturated carbocycles. The van der Waals surface area contributed by atoms with E-state index < -0.39 is 9.84 Å². The van der Waals surface area contributed by atoms with E-state index in [1.807, 2.05) is 0 Å². The van der Waals surface area contributed by atoms with E-state index in [9.17, 15) is 13.2 Å². The molecular formula is C16H31N5O3S. The van der Waals surface area contributed by atoms with Gasteiger partial charge in [-0.1, -0.05) is 6.92 Å². The Morgan fingerprint density at radius 3 is 2.72 bits per heavy atom. The van der Waals surface area contributed by atoms with Crippen LogP contribution in [0, 0.1) is 5.92 Å². The van der Waals surface area contributed by atoms with Crippen LogP contribution in [0.4, 0.5) is 4.79 Å². The Hall–Kier alpha value is -1.51. The maximum absolute atomic E-state index is 11.6. The zero-order chi connectivity index (χ0) is 18.4. The van der Waals surface area contributed by atoms with Gasteiger partial charge >= 0.3 is 6.03 Å². The van der Waals surface area contributed by atoms with Crippen molar-refractivity contribution in [1.29, 1.82) is 0 Å². The summed E-state index contributed by atoms with van der Waals surface area (Å²) in [6.45, 7) is 6.27. The third-order valence-corrected chi connectivity index (χ3v) is 6.70.